The third-order valence-electron chi connectivity index (χ3n) is 2.93. The highest BCUT2D eigenvalue weighted by molar-refractivity contribution is 5.27. The van der Waals surface area contributed by atoms with E-state index in [0.717, 1.165) is 16.9 Å². The van der Waals surface area contributed by atoms with Crippen LogP contribution in [0.2, 0.25) is 0 Å². The van der Waals surface area contributed by atoms with Crippen LogP contribution in [-0.2, 0) is 11.3 Å². The van der Waals surface area contributed by atoms with E-state index >= 15 is 0 Å². The summed E-state index contributed by atoms with van der Waals surface area (Å²) in [5.74, 6) is 0.854. The van der Waals surface area contributed by atoms with Crippen molar-refractivity contribution in [2.24, 2.45) is 0 Å². The lowest BCUT2D eigenvalue weighted by molar-refractivity contribution is 0.0720. The van der Waals surface area contributed by atoms with Gasteiger partial charge >= 0.3 is 0 Å². The number of ether oxygens (including phenoxy) is 2. The molecule has 1 atom stereocenters. The van der Waals surface area contributed by atoms with Crippen LogP contribution in [0.4, 0.5) is 0 Å². The molecule has 0 aliphatic carbocycles. The Morgan fingerprint density at radius 3 is 2.32 bits per heavy atom. The maximum Gasteiger partial charge on any atom is 0.118 e. The average molecular weight is 254 g/mol. The van der Waals surface area contributed by atoms with Crippen molar-refractivity contribution in [1.82, 2.24) is 0 Å². The summed E-state index contributed by atoms with van der Waals surface area (Å²) in [6.45, 7) is 4.38. The zero-order valence-electron chi connectivity index (χ0n) is 11.1. The molecule has 0 unspecified atom stereocenters. The standard InChI is InChI=1S/C17H18O2/c1-3-17(15-7-5-4-6-8-15)19-13-14-9-11-16(18-2)12-10-14/h3-12,17H,1,13H2,2H3/t17-/m0/s1. The lowest BCUT2D eigenvalue weighted by atomic mass is 10.1. The van der Waals surface area contributed by atoms with E-state index in [2.05, 4.69) is 6.58 Å². The summed E-state index contributed by atoms with van der Waals surface area (Å²) in [5, 5.41) is 0. The lowest BCUT2D eigenvalue weighted by Gasteiger charge is -2.14. The van der Waals surface area contributed by atoms with Gasteiger partial charge in [0.1, 0.15) is 11.9 Å². The molecular weight excluding hydrogens is 236 g/mol. The van der Waals surface area contributed by atoms with Gasteiger partial charge in [-0.2, -0.15) is 0 Å². The van der Waals surface area contributed by atoms with Crippen LogP contribution in [0, 0.1) is 0 Å². The van der Waals surface area contributed by atoms with Crippen LogP contribution in [0.15, 0.2) is 67.3 Å². The number of hydrogen-bond acceptors (Lipinski definition) is 2. The Balaban J connectivity index is 1.98. The Morgan fingerprint density at radius 1 is 1.05 bits per heavy atom. The summed E-state index contributed by atoms with van der Waals surface area (Å²) in [7, 11) is 1.66. The monoisotopic (exact) mass is 254 g/mol. The summed E-state index contributed by atoms with van der Waals surface area (Å²) in [5.41, 5.74) is 2.23. The van der Waals surface area contributed by atoms with E-state index in [1.54, 1.807) is 7.11 Å². The summed E-state index contributed by atoms with van der Waals surface area (Å²) >= 11 is 0. The van der Waals surface area contributed by atoms with Crippen LogP contribution in [-0.4, -0.2) is 7.11 Å². The highest BCUT2D eigenvalue weighted by Gasteiger charge is 2.07. The fraction of sp³-hybridized carbons (Fsp3) is 0.176. The minimum Gasteiger partial charge on any atom is -0.497 e. The zero-order valence-corrected chi connectivity index (χ0v) is 11.1. The number of rotatable bonds is 6. The van der Waals surface area contributed by atoms with Crippen LogP contribution < -0.4 is 4.74 Å². The second-order valence-electron chi connectivity index (χ2n) is 4.23. The molecule has 0 radical (unpaired) electrons. The van der Waals surface area contributed by atoms with Gasteiger partial charge in [-0.25, -0.2) is 0 Å². The predicted octanol–water partition coefficient (Wildman–Crippen LogP) is 4.14. The van der Waals surface area contributed by atoms with Gasteiger partial charge in [0.05, 0.1) is 13.7 Å². The minimum absolute atomic E-state index is 0.0803. The molecule has 0 fully saturated rings. The first kappa shape index (κ1) is 13.4. The van der Waals surface area contributed by atoms with E-state index in [4.69, 9.17) is 9.47 Å². The fourth-order valence-corrected chi connectivity index (χ4v) is 1.85. The largest absolute Gasteiger partial charge is 0.497 e. The first-order valence-electron chi connectivity index (χ1n) is 6.25. The van der Waals surface area contributed by atoms with Crippen molar-refractivity contribution in [3.05, 3.63) is 78.4 Å². The van der Waals surface area contributed by atoms with E-state index in [-0.39, 0.29) is 6.10 Å². The average Bonchev–Trinajstić information content (AvgIpc) is 2.49. The molecule has 0 saturated carbocycles. The second kappa shape index (κ2) is 6.76. The molecule has 0 N–H and O–H groups in total. The molecule has 2 heteroatoms. The maximum atomic E-state index is 5.88. The lowest BCUT2D eigenvalue weighted by Crippen LogP contribution is -2.01. The van der Waals surface area contributed by atoms with Gasteiger partial charge in [0.25, 0.3) is 0 Å². The van der Waals surface area contributed by atoms with E-state index in [1.165, 1.54) is 0 Å². The third kappa shape index (κ3) is 3.70. The third-order valence-corrected chi connectivity index (χ3v) is 2.93. The van der Waals surface area contributed by atoms with E-state index < -0.39 is 0 Å². The SMILES string of the molecule is C=C[C@H](OCc1ccc(OC)cc1)c1ccccc1. The van der Waals surface area contributed by atoms with Crippen molar-refractivity contribution in [3.63, 3.8) is 0 Å². The topological polar surface area (TPSA) is 18.5 Å². The molecule has 0 aliphatic rings. The Morgan fingerprint density at radius 2 is 1.74 bits per heavy atom. The van der Waals surface area contributed by atoms with Crippen LogP contribution in [0.1, 0.15) is 17.2 Å². The van der Waals surface area contributed by atoms with Crippen LogP contribution in [0.3, 0.4) is 0 Å². The molecule has 19 heavy (non-hydrogen) atoms. The molecule has 0 bridgehead atoms. The van der Waals surface area contributed by atoms with Gasteiger partial charge in [-0.1, -0.05) is 48.5 Å². The van der Waals surface area contributed by atoms with Crippen molar-refractivity contribution >= 4 is 0 Å². The molecule has 2 nitrogen and oxygen atoms in total. The maximum absolute atomic E-state index is 5.88. The van der Waals surface area contributed by atoms with Gasteiger partial charge < -0.3 is 9.47 Å². The first-order valence-corrected chi connectivity index (χ1v) is 6.25. The van der Waals surface area contributed by atoms with Gasteiger partial charge in [0, 0.05) is 0 Å². The van der Waals surface area contributed by atoms with Crippen molar-refractivity contribution in [3.8, 4) is 5.75 Å². The van der Waals surface area contributed by atoms with Gasteiger partial charge in [-0.15, -0.1) is 6.58 Å². The molecule has 0 heterocycles. The second-order valence-corrected chi connectivity index (χ2v) is 4.23. The Hall–Kier alpha value is -2.06. The number of methoxy groups -OCH3 is 1. The molecule has 0 saturated heterocycles. The van der Waals surface area contributed by atoms with E-state index in [0.29, 0.717) is 6.61 Å². The minimum atomic E-state index is -0.0803. The van der Waals surface area contributed by atoms with Gasteiger partial charge in [0.15, 0.2) is 0 Å². The molecule has 2 aromatic rings. The van der Waals surface area contributed by atoms with E-state index in [9.17, 15) is 0 Å². The van der Waals surface area contributed by atoms with Gasteiger partial charge in [-0.3, -0.25) is 0 Å². The Kier molecular flexibility index (Phi) is 4.76. The van der Waals surface area contributed by atoms with Crippen molar-refractivity contribution in [2.75, 3.05) is 7.11 Å². The highest BCUT2D eigenvalue weighted by Crippen LogP contribution is 2.20. The molecular formula is C17H18O2. The Bertz CT molecular complexity index is 503. The summed E-state index contributed by atoms with van der Waals surface area (Å²) in [6, 6.07) is 18.0. The van der Waals surface area contributed by atoms with Crippen molar-refractivity contribution in [1.29, 1.82) is 0 Å². The quantitative estimate of drug-likeness (QED) is 0.721. The normalized spacial score (nSPS) is 11.8. The molecule has 0 spiro atoms. The van der Waals surface area contributed by atoms with Gasteiger partial charge in [0.2, 0.25) is 0 Å². The van der Waals surface area contributed by atoms with E-state index in [1.807, 2.05) is 60.7 Å². The van der Waals surface area contributed by atoms with Crippen LogP contribution in [0.5, 0.6) is 5.75 Å². The van der Waals surface area contributed by atoms with Gasteiger partial charge in [-0.05, 0) is 23.3 Å². The van der Waals surface area contributed by atoms with Crippen LogP contribution >= 0.6 is 0 Å². The molecule has 0 aromatic heterocycles. The molecule has 2 aromatic carbocycles. The smallest absolute Gasteiger partial charge is 0.118 e. The molecule has 98 valence electrons. The summed E-state index contributed by atoms with van der Waals surface area (Å²) in [4.78, 5) is 0. The number of hydrogen-bond donors (Lipinski definition) is 0. The molecule has 0 amide bonds. The molecule has 0 aliphatic heterocycles. The summed E-state index contributed by atoms with van der Waals surface area (Å²) < 4.78 is 11.0. The van der Waals surface area contributed by atoms with Crippen LogP contribution in [0.25, 0.3) is 0 Å². The molecule has 2 rings (SSSR count). The van der Waals surface area contributed by atoms with Crippen molar-refractivity contribution < 1.29 is 9.47 Å². The van der Waals surface area contributed by atoms with Crippen molar-refractivity contribution in [2.45, 2.75) is 12.7 Å². The fourth-order valence-electron chi connectivity index (χ4n) is 1.85. The Labute approximate surface area is 114 Å². The number of benzene rings is 2. The zero-order chi connectivity index (χ0) is 13.5. The highest BCUT2D eigenvalue weighted by atomic mass is 16.5. The predicted molar refractivity (Wildman–Crippen MR) is 77.2 cm³/mol. The first-order chi connectivity index (χ1) is 9.33. The summed E-state index contributed by atoms with van der Waals surface area (Å²) in [6.07, 6.45) is 1.74.